The topological polar surface area (TPSA) is 105 Å². The van der Waals surface area contributed by atoms with Gasteiger partial charge in [0.25, 0.3) is 5.56 Å². The summed E-state index contributed by atoms with van der Waals surface area (Å²) in [5.74, 6) is 0.247. The lowest BCUT2D eigenvalue weighted by molar-refractivity contribution is -0.139. The van der Waals surface area contributed by atoms with Gasteiger partial charge < -0.3 is 18.9 Å². The first kappa shape index (κ1) is 27.3. The Hall–Kier alpha value is -3.70. The van der Waals surface area contributed by atoms with Gasteiger partial charge >= 0.3 is 11.9 Å². The van der Waals surface area contributed by atoms with E-state index in [1.165, 1.54) is 25.7 Å². The molecular formula is C27H25BrN2O7S. The third-order valence-electron chi connectivity index (χ3n) is 5.76. The Bertz CT molecular complexity index is 1640. The van der Waals surface area contributed by atoms with Crippen LogP contribution in [0.1, 0.15) is 37.9 Å². The summed E-state index contributed by atoms with van der Waals surface area (Å²) in [5.41, 5.74) is 1.39. The van der Waals surface area contributed by atoms with Crippen LogP contribution in [0.2, 0.25) is 0 Å². The number of esters is 2. The van der Waals surface area contributed by atoms with E-state index in [9.17, 15) is 14.4 Å². The van der Waals surface area contributed by atoms with Gasteiger partial charge in [-0.15, -0.1) is 0 Å². The van der Waals surface area contributed by atoms with Crippen molar-refractivity contribution in [2.45, 2.75) is 26.8 Å². The molecule has 11 heteroatoms. The van der Waals surface area contributed by atoms with E-state index in [0.29, 0.717) is 43.4 Å². The van der Waals surface area contributed by atoms with E-state index in [1.807, 2.05) is 0 Å². The maximum Gasteiger partial charge on any atom is 0.338 e. The molecule has 0 fully saturated rings. The molecular weight excluding hydrogens is 576 g/mol. The lowest BCUT2D eigenvalue weighted by Gasteiger charge is -2.26. The van der Waals surface area contributed by atoms with Crippen LogP contribution >= 0.6 is 27.3 Å². The number of rotatable bonds is 7. The second kappa shape index (κ2) is 11.4. The molecule has 1 atom stereocenters. The van der Waals surface area contributed by atoms with Crippen molar-refractivity contribution < 1.29 is 28.5 Å². The summed E-state index contributed by atoms with van der Waals surface area (Å²) in [6.07, 6.45) is 1.64. The number of halogens is 1. The Morgan fingerprint density at radius 3 is 2.55 bits per heavy atom. The fraction of sp³-hybridized carbons (Fsp3) is 0.259. The van der Waals surface area contributed by atoms with Gasteiger partial charge in [0.05, 0.1) is 36.6 Å². The van der Waals surface area contributed by atoms with Crippen LogP contribution < -0.4 is 29.1 Å². The Labute approximate surface area is 230 Å². The van der Waals surface area contributed by atoms with Crippen LogP contribution in [0.5, 0.6) is 17.2 Å². The number of fused-ring (bicyclic) bond motifs is 1. The van der Waals surface area contributed by atoms with Crippen LogP contribution in [0.3, 0.4) is 0 Å². The van der Waals surface area contributed by atoms with E-state index < -0.39 is 18.0 Å². The first-order valence-electron chi connectivity index (χ1n) is 11.6. The van der Waals surface area contributed by atoms with Gasteiger partial charge in [0.2, 0.25) is 0 Å². The van der Waals surface area contributed by atoms with Crippen LogP contribution in [-0.4, -0.2) is 37.3 Å². The predicted molar refractivity (Wildman–Crippen MR) is 145 cm³/mol. The van der Waals surface area contributed by atoms with Crippen molar-refractivity contribution in [3.8, 4) is 17.2 Å². The number of benzene rings is 2. The van der Waals surface area contributed by atoms with Gasteiger partial charge in [-0.1, -0.05) is 27.3 Å². The highest BCUT2D eigenvalue weighted by Crippen LogP contribution is 2.37. The number of ether oxygens (including phenoxy) is 4. The zero-order valence-electron chi connectivity index (χ0n) is 21.4. The lowest BCUT2D eigenvalue weighted by atomic mass is 9.95. The summed E-state index contributed by atoms with van der Waals surface area (Å²) >= 11 is 4.59. The number of hydrogen-bond donors (Lipinski definition) is 0. The average molecular weight is 601 g/mol. The average Bonchev–Trinajstić information content (AvgIpc) is 3.18. The smallest absolute Gasteiger partial charge is 0.338 e. The lowest BCUT2D eigenvalue weighted by Crippen LogP contribution is -2.40. The number of methoxy groups -OCH3 is 2. The zero-order valence-corrected chi connectivity index (χ0v) is 23.8. The van der Waals surface area contributed by atoms with E-state index in [2.05, 4.69) is 20.9 Å². The maximum atomic E-state index is 13.9. The van der Waals surface area contributed by atoms with Crippen LogP contribution in [0.15, 0.2) is 61.9 Å². The minimum Gasteiger partial charge on any atom is -0.497 e. The van der Waals surface area contributed by atoms with Gasteiger partial charge in [0, 0.05) is 28.6 Å². The second-order valence-electron chi connectivity index (χ2n) is 8.19. The Morgan fingerprint density at radius 1 is 1.13 bits per heavy atom. The van der Waals surface area contributed by atoms with Crippen molar-refractivity contribution in [3.05, 3.63) is 83.0 Å². The molecule has 0 amide bonds. The number of aromatic nitrogens is 1. The van der Waals surface area contributed by atoms with E-state index in [4.69, 9.17) is 18.9 Å². The Morgan fingerprint density at radius 2 is 1.89 bits per heavy atom. The molecule has 3 aromatic rings. The second-order valence-corrected chi connectivity index (χ2v) is 10.1. The molecule has 0 bridgehead atoms. The van der Waals surface area contributed by atoms with Gasteiger partial charge in [0.1, 0.15) is 23.3 Å². The van der Waals surface area contributed by atoms with Crippen molar-refractivity contribution >= 4 is 45.3 Å². The number of hydrogen-bond acceptors (Lipinski definition) is 9. The van der Waals surface area contributed by atoms with E-state index in [-0.39, 0.29) is 17.7 Å². The fourth-order valence-electron chi connectivity index (χ4n) is 4.15. The van der Waals surface area contributed by atoms with E-state index >= 15 is 0 Å². The standard InChI is InChI=1S/C27H25BrN2O7S/c1-6-36-26(33)23-14(2)29-27-30(24(23)19-9-8-18(34-4)13-21(19)35-5)25(32)22(38-27)12-16-11-17(28)7-10-20(16)37-15(3)31/h7-13,24H,6H2,1-5H3/b22-12-/t24-/m0/s1. The zero-order chi connectivity index (χ0) is 27.6. The first-order chi connectivity index (χ1) is 18.2. The van der Waals surface area contributed by atoms with Gasteiger partial charge in [0.15, 0.2) is 4.80 Å². The molecule has 4 rings (SSSR count). The molecule has 1 aliphatic rings. The molecule has 0 saturated carbocycles. The highest BCUT2D eigenvalue weighted by Gasteiger charge is 2.35. The summed E-state index contributed by atoms with van der Waals surface area (Å²) in [7, 11) is 3.05. The van der Waals surface area contributed by atoms with Crippen molar-refractivity contribution in [3.63, 3.8) is 0 Å². The molecule has 9 nitrogen and oxygen atoms in total. The molecule has 198 valence electrons. The van der Waals surface area contributed by atoms with Crippen molar-refractivity contribution in [2.24, 2.45) is 4.99 Å². The SMILES string of the molecule is CCOC(=O)C1=C(C)N=c2s/c(=C\c3cc(Br)ccc3OC(C)=O)c(=O)n2[C@H]1c1ccc(OC)cc1OC. The summed E-state index contributed by atoms with van der Waals surface area (Å²) < 4.78 is 24.2. The molecule has 1 aromatic heterocycles. The van der Waals surface area contributed by atoms with Crippen LogP contribution in [0.4, 0.5) is 0 Å². The molecule has 0 spiro atoms. The van der Waals surface area contributed by atoms with Crippen LogP contribution in [0, 0.1) is 0 Å². The highest BCUT2D eigenvalue weighted by molar-refractivity contribution is 9.10. The quantitative estimate of drug-likeness (QED) is 0.302. The minimum atomic E-state index is -0.858. The van der Waals surface area contributed by atoms with Crippen LogP contribution in [-0.2, 0) is 14.3 Å². The summed E-state index contributed by atoms with van der Waals surface area (Å²) in [6.45, 7) is 4.89. The third-order valence-corrected chi connectivity index (χ3v) is 7.24. The third kappa shape index (κ3) is 5.30. The molecule has 0 radical (unpaired) electrons. The highest BCUT2D eigenvalue weighted by atomic mass is 79.9. The first-order valence-corrected chi connectivity index (χ1v) is 13.2. The summed E-state index contributed by atoms with van der Waals surface area (Å²) in [4.78, 5) is 43.7. The summed E-state index contributed by atoms with van der Waals surface area (Å²) in [5, 5.41) is 0. The van der Waals surface area contributed by atoms with Gasteiger partial charge in [-0.2, -0.15) is 0 Å². The molecule has 2 aromatic carbocycles. The van der Waals surface area contributed by atoms with Gasteiger partial charge in [-0.3, -0.25) is 14.2 Å². The maximum absolute atomic E-state index is 13.9. The minimum absolute atomic E-state index is 0.161. The Kier molecular flexibility index (Phi) is 8.17. The number of thiazole rings is 1. The predicted octanol–water partition coefficient (Wildman–Crippen LogP) is 3.50. The molecule has 0 N–H and O–H groups in total. The van der Waals surface area contributed by atoms with Gasteiger partial charge in [-0.05, 0) is 50.3 Å². The molecule has 0 saturated heterocycles. The normalized spacial score (nSPS) is 15.0. The molecule has 38 heavy (non-hydrogen) atoms. The fourth-order valence-corrected chi connectivity index (χ4v) is 5.57. The largest absolute Gasteiger partial charge is 0.497 e. The number of carbonyl (C=O) groups excluding carboxylic acids is 2. The monoisotopic (exact) mass is 600 g/mol. The molecule has 0 aliphatic carbocycles. The van der Waals surface area contributed by atoms with Crippen molar-refractivity contribution in [1.29, 1.82) is 0 Å². The summed E-state index contributed by atoms with van der Waals surface area (Å²) in [6, 6.07) is 9.45. The van der Waals surface area contributed by atoms with Crippen LogP contribution in [0.25, 0.3) is 6.08 Å². The number of allylic oxidation sites excluding steroid dienone is 1. The number of carbonyl (C=O) groups is 2. The van der Waals surface area contributed by atoms with Crippen molar-refractivity contribution in [1.82, 2.24) is 4.57 Å². The van der Waals surface area contributed by atoms with E-state index in [1.54, 1.807) is 56.3 Å². The molecule has 2 heterocycles. The molecule has 0 unspecified atom stereocenters. The number of nitrogens with zero attached hydrogens (tertiary/aromatic N) is 2. The van der Waals surface area contributed by atoms with Crippen molar-refractivity contribution in [2.75, 3.05) is 20.8 Å². The molecule has 1 aliphatic heterocycles. The van der Waals surface area contributed by atoms with E-state index in [0.717, 1.165) is 15.8 Å². The van der Waals surface area contributed by atoms with Gasteiger partial charge in [-0.25, -0.2) is 9.79 Å². The Balaban J connectivity index is 2.00.